The molecule has 0 atom stereocenters. The van der Waals surface area contributed by atoms with Gasteiger partial charge in [-0.15, -0.1) is 0 Å². The molecule has 20 heavy (non-hydrogen) atoms. The van der Waals surface area contributed by atoms with Crippen molar-refractivity contribution in [1.29, 1.82) is 0 Å². The standard InChI is InChI=1S/C11H10N4O5/c1-19-7-3-2-5(11(17)18)4-6(7)13-10(16)8-9(12)15-20-14-8/h2-4H,1H3,(H2,12,15)(H,13,16)(H,17,18). The van der Waals surface area contributed by atoms with Gasteiger partial charge >= 0.3 is 5.97 Å². The maximum atomic E-state index is 11.9. The number of nitrogens with two attached hydrogens (primary N) is 1. The number of benzene rings is 1. The van der Waals surface area contributed by atoms with E-state index in [0.29, 0.717) is 5.75 Å². The maximum absolute atomic E-state index is 11.9. The van der Waals surface area contributed by atoms with Gasteiger partial charge in [-0.3, -0.25) is 4.79 Å². The number of amides is 1. The minimum Gasteiger partial charge on any atom is -0.495 e. The van der Waals surface area contributed by atoms with Crippen LogP contribution in [0.4, 0.5) is 11.5 Å². The number of anilines is 2. The van der Waals surface area contributed by atoms with Crippen LogP contribution in [0.3, 0.4) is 0 Å². The molecule has 2 rings (SSSR count). The monoisotopic (exact) mass is 278 g/mol. The van der Waals surface area contributed by atoms with Crippen molar-refractivity contribution in [2.75, 3.05) is 18.2 Å². The van der Waals surface area contributed by atoms with Crippen LogP contribution in [-0.2, 0) is 0 Å². The topological polar surface area (TPSA) is 141 Å². The highest BCUT2D eigenvalue weighted by Crippen LogP contribution is 2.26. The average molecular weight is 278 g/mol. The first-order valence-electron chi connectivity index (χ1n) is 5.33. The van der Waals surface area contributed by atoms with Crippen molar-refractivity contribution in [2.45, 2.75) is 0 Å². The summed E-state index contributed by atoms with van der Waals surface area (Å²) in [6.45, 7) is 0. The molecule has 1 aromatic carbocycles. The van der Waals surface area contributed by atoms with Gasteiger partial charge in [0.25, 0.3) is 5.91 Å². The Kier molecular flexibility index (Phi) is 3.51. The molecule has 9 nitrogen and oxygen atoms in total. The van der Waals surface area contributed by atoms with Gasteiger partial charge in [0, 0.05) is 0 Å². The number of carbonyl (C=O) groups excluding carboxylic acids is 1. The summed E-state index contributed by atoms with van der Waals surface area (Å²) >= 11 is 0. The lowest BCUT2D eigenvalue weighted by Gasteiger charge is -2.09. The van der Waals surface area contributed by atoms with Crippen LogP contribution in [0, 0.1) is 0 Å². The van der Waals surface area contributed by atoms with Crippen LogP contribution < -0.4 is 15.8 Å². The molecule has 0 unspecified atom stereocenters. The second-order valence-electron chi connectivity index (χ2n) is 3.67. The molecule has 0 aliphatic rings. The molecule has 104 valence electrons. The summed E-state index contributed by atoms with van der Waals surface area (Å²) in [5.41, 5.74) is 5.35. The Bertz CT molecular complexity index is 667. The van der Waals surface area contributed by atoms with Crippen LogP contribution in [-0.4, -0.2) is 34.4 Å². The lowest BCUT2D eigenvalue weighted by Crippen LogP contribution is -2.15. The molecular weight excluding hydrogens is 268 g/mol. The fraction of sp³-hybridized carbons (Fsp3) is 0.0909. The van der Waals surface area contributed by atoms with Crippen molar-refractivity contribution in [3.8, 4) is 5.75 Å². The van der Waals surface area contributed by atoms with Crippen molar-refractivity contribution >= 4 is 23.4 Å². The number of methoxy groups -OCH3 is 1. The highest BCUT2D eigenvalue weighted by Gasteiger charge is 2.18. The molecule has 0 aliphatic heterocycles. The molecular formula is C11H10N4O5. The molecule has 1 heterocycles. The zero-order chi connectivity index (χ0) is 14.7. The summed E-state index contributed by atoms with van der Waals surface area (Å²) in [5.74, 6) is -1.70. The summed E-state index contributed by atoms with van der Waals surface area (Å²) in [7, 11) is 1.39. The van der Waals surface area contributed by atoms with Gasteiger partial charge < -0.3 is 20.9 Å². The van der Waals surface area contributed by atoms with Crippen LogP contribution in [0.5, 0.6) is 5.75 Å². The third kappa shape index (κ3) is 2.51. The predicted molar refractivity (Wildman–Crippen MR) is 66.6 cm³/mol. The SMILES string of the molecule is COc1ccc(C(=O)O)cc1NC(=O)c1nonc1N. The van der Waals surface area contributed by atoms with Gasteiger partial charge in [-0.1, -0.05) is 0 Å². The summed E-state index contributed by atoms with van der Waals surface area (Å²) < 4.78 is 9.34. The lowest BCUT2D eigenvalue weighted by molar-refractivity contribution is 0.0696. The van der Waals surface area contributed by atoms with Gasteiger partial charge in [-0.25, -0.2) is 9.42 Å². The lowest BCUT2D eigenvalue weighted by atomic mass is 10.2. The number of nitrogen functional groups attached to an aromatic ring is 1. The van der Waals surface area contributed by atoms with Crippen molar-refractivity contribution in [3.63, 3.8) is 0 Å². The smallest absolute Gasteiger partial charge is 0.335 e. The number of carboxylic acid groups (broad SMARTS) is 1. The predicted octanol–water partition coefficient (Wildman–Crippen LogP) is 0.611. The number of hydrogen-bond acceptors (Lipinski definition) is 7. The van der Waals surface area contributed by atoms with E-state index in [1.165, 1.54) is 25.3 Å². The first-order chi connectivity index (χ1) is 9.52. The third-order valence-corrected chi connectivity index (χ3v) is 2.42. The number of aromatic carboxylic acids is 1. The van der Waals surface area contributed by atoms with E-state index in [9.17, 15) is 9.59 Å². The van der Waals surface area contributed by atoms with Crippen molar-refractivity contribution in [2.24, 2.45) is 0 Å². The molecule has 2 aromatic rings. The van der Waals surface area contributed by atoms with E-state index >= 15 is 0 Å². The Morgan fingerprint density at radius 3 is 2.70 bits per heavy atom. The maximum Gasteiger partial charge on any atom is 0.335 e. The van der Waals surface area contributed by atoms with E-state index in [0.717, 1.165) is 0 Å². The number of carboxylic acids is 1. The van der Waals surface area contributed by atoms with E-state index in [2.05, 4.69) is 20.3 Å². The highest BCUT2D eigenvalue weighted by molar-refractivity contribution is 6.06. The summed E-state index contributed by atoms with van der Waals surface area (Å²) in [6, 6.07) is 4.02. The molecule has 0 saturated carbocycles. The fourth-order valence-corrected chi connectivity index (χ4v) is 1.47. The third-order valence-electron chi connectivity index (χ3n) is 2.42. The Morgan fingerprint density at radius 1 is 1.40 bits per heavy atom. The number of hydrogen-bond donors (Lipinski definition) is 3. The van der Waals surface area contributed by atoms with Crippen LogP contribution >= 0.6 is 0 Å². The van der Waals surface area contributed by atoms with Crippen LogP contribution in [0.25, 0.3) is 0 Å². The Labute approximate surface area is 112 Å². The van der Waals surface area contributed by atoms with Gasteiger partial charge in [0.1, 0.15) is 5.75 Å². The molecule has 1 aromatic heterocycles. The molecule has 1 amide bonds. The zero-order valence-corrected chi connectivity index (χ0v) is 10.3. The fourth-order valence-electron chi connectivity index (χ4n) is 1.47. The molecule has 4 N–H and O–H groups in total. The zero-order valence-electron chi connectivity index (χ0n) is 10.3. The Morgan fingerprint density at radius 2 is 2.15 bits per heavy atom. The molecule has 0 fully saturated rings. The number of carbonyl (C=O) groups is 2. The average Bonchev–Trinajstić information content (AvgIpc) is 2.84. The van der Waals surface area contributed by atoms with E-state index in [1.54, 1.807) is 0 Å². The normalized spacial score (nSPS) is 10.1. The number of rotatable bonds is 4. The first kappa shape index (κ1) is 13.3. The van der Waals surface area contributed by atoms with E-state index in [4.69, 9.17) is 15.6 Å². The van der Waals surface area contributed by atoms with Gasteiger partial charge in [-0.05, 0) is 28.5 Å². The molecule has 0 saturated heterocycles. The van der Waals surface area contributed by atoms with E-state index < -0.39 is 11.9 Å². The van der Waals surface area contributed by atoms with Crippen LogP contribution in [0.1, 0.15) is 20.8 Å². The van der Waals surface area contributed by atoms with E-state index in [1.807, 2.05) is 0 Å². The summed E-state index contributed by atoms with van der Waals surface area (Å²) in [6.07, 6.45) is 0. The van der Waals surface area contributed by atoms with Crippen LogP contribution in [0.15, 0.2) is 22.8 Å². The van der Waals surface area contributed by atoms with Gasteiger partial charge in [-0.2, -0.15) is 0 Å². The van der Waals surface area contributed by atoms with Gasteiger partial charge in [0.2, 0.25) is 11.5 Å². The molecule has 0 spiro atoms. The minimum atomic E-state index is -1.13. The molecule has 0 radical (unpaired) electrons. The second-order valence-corrected chi connectivity index (χ2v) is 3.67. The van der Waals surface area contributed by atoms with Crippen LogP contribution in [0.2, 0.25) is 0 Å². The Balaban J connectivity index is 2.32. The molecule has 9 heteroatoms. The number of nitrogens with zero attached hydrogens (tertiary/aromatic N) is 2. The number of aromatic nitrogens is 2. The van der Waals surface area contributed by atoms with Crippen molar-refractivity contribution in [1.82, 2.24) is 10.3 Å². The minimum absolute atomic E-state index is 0.00708. The molecule has 0 bridgehead atoms. The van der Waals surface area contributed by atoms with Gasteiger partial charge in [0.05, 0.1) is 18.4 Å². The quantitative estimate of drug-likeness (QED) is 0.738. The highest BCUT2D eigenvalue weighted by atomic mass is 16.6. The van der Waals surface area contributed by atoms with E-state index in [-0.39, 0.29) is 22.8 Å². The number of ether oxygens (including phenoxy) is 1. The molecule has 0 aliphatic carbocycles. The summed E-state index contributed by atoms with van der Waals surface area (Å²) in [4.78, 5) is 22.8. The van der Waals surface area contributed by atoms with Gasteiger partial charge in [0.15, 0.2) is 0 Å². The van der Waals surface area contributed by atoms with Crippen molar-refractivity contribution < 1.29 is 24.1 Å². The Hall–Kier alpha value is -3.10. The number of nitrogens with one attached hydrogen (secondary N) is 1. The summed E-state index contributed by atoms with van der Waals surface area (Å²) in [5, 5.41) is 18.0. The van der Waals surface area contributed by atoms with Crippen molar-refractivity contribution in [3.05, 3.63) is 29.5 Å². The first-order valence-corrected chi connectivity index (χ1v) is 5.33. The second kappa shape index (κ2) is 5.26. The largest absolute Gasteiger partial charge is 0.495 e.